The van der Waals surface area contributed by atoms with Gasteiger partial charge in [-0.05, 0) is 25.4 Å². The average molecular weight is 448 g/mol. The van der Waals surface area contributed by atoms with E-state index in [1.807, 2.05) is 30.3 Å². The minimum absolute atomic E-state index is 0.0741. The van der Waals surface area contributed by atoms with Crippen molar-refractivity contribution in [3.05, 3.63) is 29.8 Å². The Morgan fingerprint density at radius 3 is 2.77 bits per heavy atom. The number of carbonyl (C=O) groups excluding carboxylic acids is 1. The standard InChI is InChI=1S/C21H29N5O2S2/c1-4-5-10-21(24-25-21)11-12-22-19(28)17(15-29)26(2)14-13-23-20(30-3)16-8-6-7-9-18(16)27/h1,6-9,17,27,29H,5,10-15H2,2-3H3,(H,22,28)/b23-20-/t17-/m1/s1. The Kier molecular flexibility index (Phi) is 9.69. The number of thiol groups is 1. The van der Waals surface area contributed by atoms with Crippen LogP contribution in [-0.4, -0.2) is 71.4 Å². The van der Waals surface area contributed by atoms with E-state index in [9.17, 15) is 9.90 Å². The molecule has 30 heavy (non-hydrogen) atoms. The molecule has 2 N–H and O–H groups in total. The number of carbonyl (C=O) groups is 1. The molecule has 1 aromatic carbocycles. The first-order valence-electron chi connectivity index (χ1n) is 9.79. The third-order valence-electron chi connectivity index (χ3n) is 4.92. The number of hydrogen-bond acceptors (Lipinski definition) is 8. The molecule has 0 saturated carbocycles. The molecule has 0 radical (unpaired) electrons. The number of para-hydroxylation sites is 1. The molecule has 0 saturated heterocycles. The van der Waals surface area contributed by atoms with Gasteiger partial charge in [0.1, 0.15) is 10.8 Å². The molecule has 0 aromatic heterocycles. The van der Waals surface area contributed by atoms with E-state index < -0.39 is 5.66 Å². The van der Waals surface area contributed by atoms with E-state index in [1.54, 1.807) is 12.1 Å². The van der Waals surface area contributed by atoms with Crippen LogP contribution in [0.15, 0.2) is 39.5 Å². The van der Waals surface area contributed by atoms with Crippen molar-refractivity contribution in [2.45, 2.75) is 31.0 Å². The molecule has 7 nitrogen and oxygen atoms in total. The van der Waals surface area contributed by atoms with Gasteiger partial charge in [-0.15, -0.1) is 24.1 Å². The zero-order valence-electron chi connectivity index (χ0n) is 17.4. The molecule has 0 spiro atoms. The summed E-state index contributed by atoms with van der Waals surface area (Å²) in [6, 6.07) is 6.78. The minimum atomic E-state index is -0.395. The van der Waals surface area contributed by atoms with Crippen LogP contribution in [0.5, 0.6) is 5.75 Å². The molecule has 1 aliphatic heterocycles. The number of hydrogen-bond donors (Lipinski definition) is 3. The number of aromatic hydroxyl groups is 1. The fourth-order valence-electron chi connectivity index (χ4n) is 2.97. The number of phenols is 1. The second-order valence-electron chi connectivity index (χ2n) is 7.01. The number of phenolic OH excluding ortho intramolecular Hbond substituents is 1. The second kappa shape index (κ2) is 12.0. The Balaban J connectivity index is 1.82. The monoisotopic (exact) mass is 447 g/mol. The summed E-state index contributed by atoms with van der Waals surface area (Å²) in [6.45, 7) is 1.59. The predicted octanol–water partition coefficient (Wildman–Crippen LogP) is 2.81. The Labute approximate surface area is 188 Å². The molecule has 0 bridgehead atoms. The van der Waals surface area contributed by atoms with Crippen LogP contribution in [0.25, 0.3) is 0 Å². The van der Waals surface area contributed by atoms with Crippen LogP contribution in [0, 0.1) is 12.3 Å². The molecule has 0 unspecified atom stereocenters. The molecule has 1 aromatic rings. The van der Waals surface area contributed by atoms with Crippen molar-refractivity contribution in [3.8, 4) is 18.1 Å². The molecular formula is C21H29N5O2S2. The van der Waals surface area contributed by atoms with Crippen molar-refractivity contribution in [2.24, 2.45) is 15.2 Å². The maximum atomic E-state index is 12.6. The van der Waals surface area contributed by atoms with Gasteiger partial charge in [0, 0.05) is 43.7 Å². The lowest BCUT2D eigenvalue weighted by atomic mass is 10.0. The molecule has 0 aliphatic carbocycles. The van der Waals surface area contributed by atoms with Crippen LogP contribution in [0.2, 0.25) is 0 Å². The summed E-state index contributed by atoms with van der Waals surface area (Å²) in [5.74, 6) is 3.14. The number of rotatable bonds is 12. The molecule has 1 aliphatic rings. The summed E-state index contributed by atoms with van der Waals surface area (Å²) >= 11 is 5.83. The predicted molar refractivity (Wildman–Crippen MR) is 127 cm³/mol. The van der Waals surface area contributed by atoms with Crippen LogP contribution in [0.4, 0.5) is 0 Å². The Morgan fingerprint density at radius 1 is 1.43 bits per heavy atom. The SMILES string of the molecule is C#CCCC1(CCNC(=O)[C@@H](CS)N(C)CC/N=C(\SC)c2ccccc2O)N=N1. The highest BCUT2D eigenvalue weighted by Crippen LogP contribution is 2.36. The van der Waals surface area contributed by atoms with Crippen LogP contribution < -0.4 is 5.32 Å². The summed E-state index contributed by atoms with van der Waals surface area (Å²) in [6.07, 6.45) is 9.23. The Bertz CT molecular complexity index is 816. The van der Waals surface area contributed by atoms with Gasteiger partial charge in [0.25, 0.3) is 0 Å². The lowest BCUT2D eigenvalue weighted by molar-refractivity contribution is -0.125. The maximum absolute atomic E-state index is 12.6. The number of aliphatic imine (C=N–C) groups is 1. The summed E-state index contributed by atoms with van der Waals surface area (Å²) in [5, 5.41) is 21.9. The Hall–Kier alpha value is -2.02. The van der Waals surface area contributed by atoms with Crippen LogP contribution in [0.1, 0.15) is 24.8 Å². The van der Waals surface area contributed by atoms with E-state index in [1.165, 1.54) is 11.8 Å². The molecule has 1 heterocycles. The van der Waals surface area contributed by atoms with Crippen molar-refractivity contribution in [1.82, 2.24) is 10.2 Å². The number of amides is 1. The van der Waals surface area contributed by atoms with Gasteiger partial charge in [-0.1, -0.05) is 12.1 Å². The highest BCUT2D eigenvalue weighted by molar-refractivity contribution is 8.13. The van der Waals surface area contributed by atoms with E-state index in [-0.39, 0.29) is 17.7 Å². The number of nitrogens with one attached hydrogen (secondary N) is 1. The summed E-state index contributed by atoms with van der Waals surface area (Å²) in [4.78, 5) is 19.1. The highest BCUT2D eigenvalue weighted by atomic mass is 32.2. The van der Waals surface area contributed by atoms with Gasteiger partial charge in [0.05, 0.1) is 12.6 Å². The van der Waals surface area contributed by atoms with E-state index in [2.05, 4.69) is 39.1 Å². The van der Waals surface area contributed by atoms with Crippen LogP contribution in [0.3, 0.4) is 0 Å². The highest BCUT2D eigenvalue weighted by Gasteiger charge is 2.38. The number of nitrogens with zero attached hydrogens (tertiary/aromatic N) is 4. The summed E-state index contributed by atoms with van der Waals surface area (Å²) < 4.78 is 0. The second-order valence-corrected chi connectivity index (χ2v) is 8.17. The van der Waals surface area contributed by atoms with Gasteiger partial charge >= 0.3 is 0 Å². The molecule has 2 rings (SSSR count). The van der Waals surface area contributed by atoms with E-state index in [0.717, 1.165) is 11.5 Å². The van der Waals surface area contributed by atoms with Crippen molar-refractivity contribution in [2.75, 3.05) is 38.7 Å². The fourth-order valence-corrected chi connectivity index (χ4v) is 4.03. The van der Waals surface area contributed by atoms with Gasteiger partial charge in [-0.2, -0.15) is 22.9 Å². The molecular weight excluding hydrogens is 418 g/mol. The van der Waals surface area contributed by atoms with Gasteiger partial charge in [-0.3, -0.25) is 14.7 Å². The average Bonchev–Trinajstić information content (AvgIpc) is 3.51. The van der Waals surface area contributed by atoms with Gasteiger partial charge in [0.15, 0.2) is 5.66 Å². The first-order chi connectivity index (χ1) is 14.5. The number of likely N-dealkylation sites (N-methyl/N-ethyl adjacent to an activating group) is 1. The van der Waals surface area contributed by atoms with Gasteiger partial charge in [-0.25, -0.2) is 0 Å². The van der Waals surface area contributed by atoms with Crippen molar-refractivity contribution < 1.29 is 9.90 Å². The normalized spacial score (nSPS) is 15.6. The molecule has 0 fully saturated rings. The van der Waals surface area contributed by atoms with Crippen molar-refractivity contribution in [3.63, 3.8) is 0 Å². The molecule has 9 heteroatoms. The quantitative estimate of drug-likeness (QED) is 0.199. The van der Waals surface area contributed by atoms with Crippen LogP contribution in [-0.2, 0) is 4.79 Å². The molecule has 1 atom stereocenters. The summed E-state index contributed by atoms with van der Waals surface area (Å²) in [7, 11) is 1.88. The third kappa shape index (κ3) is 7.04. The number of benzene rings is 1. The fraction of sp³-hybridized carbons (Fsp3) is 0.524. The maximum Gasteiger partial charge on any atom is 0.238 e. The first kappa shape index (κ1) is 24.3. The lowest BCUT2D eigenvalue weighted by Gasteiger charge is -2.25. The number of terminal acetylenes is 1. The van der Waals surface area contributed by atoms with E-state index in [0.29, 0.717) is 43.8 Å². The van der Waals surface area contributed by atoms with E-state index in [4.69, 9.17) is 6.42 Å². The lowest BCUT2D eigenvalue weighted by Crippen LogP contribution is -2.47. The number of thioether (sulfide) groups is 1. The van der Waals surface area contributed by atoms with Crippen molar-refractivity contribution >= 4 is 35.3 Å². The zero-order chi connectivity index (χ0) is 22.0. The van der Waals surface area contributed by atoms with Crippen LogP contribution >= 0.6 is 24.4 Å². The molecule has 1 amide bonds. The minimum Gasteiger partial charge on any atom is -0.507 e. The largest absolute Gasteiger partial charge is 0.507 e. The van der Waals surface area contributed by atoms with Gasteiger partial charge < -0.3 is 10.4 Å². The zero-order valence-corrected chi connectivity index (χ0v) is 19.1. The summed E-state index contributed by atoms with van der Waals surface area (Å²) in [5.41, 5.74) is 0.319. The Morgan fingerprint density at radius 2 is 2.17 bits per heavy atom. The van der Waals surface area contributed by atoms with E-state index >= 15 is 0 Å². The first-order valence-corrected chi connectivity index (χ1v) is 11.6. The smallest absolute Gasteiger partial charge is 0.238 e. The van der Waals surface area contributed by atoms with Gasteiger partial charge in [0.2, 0.25) is 5.91 Å². The van der Waals surface area contributed by atoms with Crippen molar-refractivity contribution in [1.29, 1.82) is 0 Å². The third-order valence-corrected chi connectivity index (χ3v) is 6.00. The molecule has 162 valence electrons. The topological polar surface area (TPSA) is 89.7 Å².